The summed E-state index contributed by atoms with van der Waals surface area (Å²) in [5, 5.41) is 3.72. The second-order valence-corrected chi connectivity index (χ2v) is 10.0. The lowest BCUT2D eigenvalue weighted by Gasteiger charge is -2.36. The molecule has 6 nitrogen and oxygen atoms in total. The number of amides is 3. The average Bonchev–Trinajstić information content (AvgIpc) is 3.46. The first-order chi connectivity index (χ1) is 15.3. The van der Waals surface area contributed by atoms with E-state index in [1.165, 1.54) is 6.07 Å². The highest BCUT2D eigenvalue weighted by Crippen LogP contribution is 2.61. The van der Waals surface area contributed by atoms with Crippen LogP contribution in [-0.4, -0.2) is 35.2 Å². The summed E-state index contributed by atoms with van der Waals surface area (Å²) >= 11 is 12.5. The van der Waals surface area contributed by atoms with Crippen molar-refractivity contribution in [3.8, 4) is 0 Å². The highest BCUT2D eigenvalue weighted by molar-refractivity contribution is 6.38. The molecule has 0 bridgehead atoms. The highest BCUT2D eigenvalue weighted by Gasteiger charge is 2.74. The lowest BCUT2D eigenvalue weighted by molar-refractivity contribution is -0.135. The van der Waals surface area contributed by atoms with Crippen LogP contribution in [0.25, 0.3) is 0 Å². The molecule has 32 heavy (non-hydrogen) atoms. The SMILES string of the molecule is Cc1ccc2c(c1C)NC(=O)[C@]21[C@@H]2C(=O)N(c3cc(Cl)ccc3Cl)C(=O)[C@@H]2[C@@H]2CCCN21. The third-order valence-electron chi connectivity index (χ3n) is 7.85. The van der Waals surface area contributed by atoms with Crippen molar-refractivity contribution in [2.45, 2.75) is 38.3 Å². The zero-order valence-electron chi connectivity index (χ0n) is 17.6. The van der Waals surface area contributed by atoms with E-state index in [0.29, 0.717) is 11.6 Å². The zero-order chi connectivity index (χ0) is 22.5. The quantitative estimate of drug-likeness (QED) is 0.639. The molecule has 0 unspecified atom stereocenters. The molecular formula is C24H21Cl2N3O3. The summed E-state index contributed by atoms with van der Waals surface area (Å²) in [6.07, 6.45) is 1.65. The molecule has 8 heteroatoms. The van der Waals surface area contributed by atoms with E-state index >= 15 is 0 Å². The first-order valence-corrected chi connectivity index (χ1v) is 11.6. The minimum absolute atomic E-state index is 0.169. The Morgan fingerprint density at radius 3 is 2.62 bits per heavy atom. The van der Waals surface area contributed by atoms with Gasteiger partial charge in [-0.15, -0.1) is 0 Å². The minimum atomic E-state index is -1.19. The summed E-state index contributed by atoms with van der Waals surface area (Å²) in [5.74, 6) is -2.32. The van der Waals surface area contributed by atoms with Gasteiger partial charge in [0.25, 0.3) is 0 Å². The van der Waals surface area contributed by atoms with Crippen molar-refractivity contribution < 1.29 is 14.4 Å². The lowest BCUT2D eigenvalue weighted by Crippen LogP contribution is -2.54. The van der Waals surface area contributed by atoms with Gasteiger partial charge >= 0.3 is 0 Å². The number of nitrogens with one attached hydrogen (secondary N) is 1. The summed E-state index contributed by atoms with van der Waals surface area (Å²) in [5.41, 5.74) is 2.70. The second kappa shape index (κ2) is 6.56. The van der Waals surface area contributed by atoms with Gasteiger partial charge in [0.2, 0.25) is 17.7 Å². The van der Waals surface area contributed by atoms with Crippen LogP contribution in [0.2, 0.25) is 10.0 Å². The summed E-state index contributed by atoms with van der Waals surface area (Å²) in [6, 6.07) is 8.50. The molecule has 4 heterocycles. The fourth-order valence-corrected chi connectivity index (χ4v) is 6.78. The smallest absolute Gasteiger partial charge is 0.250 e. The molecule has 3 saturated heterocycles. The van der Waals surface area contributed by atoms with Gasteiger partial charge in [-0.2, -0.15) is 0 Å². The highest BCUT2D eigenvalue weighted by atomic mass is 35.5. The molecule has 4 aliphatic heterocycles. The Bertz CT molecular complexity index is 1250. The maximum atomic E-state index is 14.0. The molecule has 4 aliphatic rings. The number of fused-ring (bicyclic) bond motifs is 7. The Balaban J connectivity index is 1.58. The molecule has 0 aromatic heterocycles. The normalized spacial score (nSPS) is 30.8. The average molecular weight is 470 g/mol. The van der Waals surface area contributed by atoms with Crippen LogP contribution in [0.15, 0.2) is 30.3 Å². The number of benzene rings is 2. The van der Waals surface area contributed by atoms with Gasteiger partial charge in [-0.3, -0.25) is 19.3 Å². The van der Waals surface area contributed by atoms with Crippen LogP contribution in [0.3, 0.4) is 0 Å². The molecule has 0 saturated carbocycles. The van der Waals surface area contributed by atoms with Gasteiger partial charge in [0.1, 0.15) is 5.54 Å². The number of rotatable bonds is 1. The van der Waals surface area contributed by atoms with E-state index in [4.69, 9.17) is 23.2 Å². The Kier molecular flexibility index (Phi) is 4.15. The van der Waals surface area contributed by atoms with Gasteiger partial charge < -0.3 is 5.32 Å². The lowest BCUT2D eigenvalue weighted by atomic mass is 9.75. The number of anilines is 2. The molecule has 2 aromatic carbocycles. The molecular weight excluding hydrogens is 449 g/mol. The Morgan fingerprint density at radius 2 is 1.84 bits per heavy atom. The van der Waals surface area contributed by atoms with Crippen LogP contribution in [0.4, 0.5) is 11.4 Å². The summed E-state index contributed by atoms with van der Waals surface area (Å²) in [7, 11) is 0. The number of imide groups is 1. The molecule has 2 aromatic rings. The Morgan fingerprint density at radius 1 is 1.06 bits per heavy atom. The number of aryl methyl sites for hydroxylation is 1. The number of carbonyl (C=O) groups is 3. The molecule has 0 aliphatic carbocycles. The molecule has 0 radical (unpaired) electrons. The number of carbonyl (C=O) groups excluding carboxylic acids is 3. The van der Waals surface area contributed by atoms with Crippen molar-refractivity contribution in [2.24, 2.45) is 11.8 Å². The van der Waals surface area contributed by atoms with E-state index in [0.717, 1.165) is 40.1 Å². The second-order valence-electron chi connectivity index (χ2n) is 9.16. The predicted molar refractivity (Wildman–Crippen MR) is 122 cm³/mol. The molecule has 1 N–H and O–H groups in total. The molecule has 3 fully saturated rings. The van der Waals surface area contributed by atoms with Gasteiger partial charge in [-0.25, -0.2) is 4.90 Å². The topological polar surface area (TPSA) is 69.7 Å². The summed E-state index contributed by atoms with van der Waals surface area (Å²) in [6.45, 7) is 4.65. The molecule has 1 spiro atoms. The fourth-order valence-electron chi connectivity index (χ4n) is 6.41. The Labute approximate surface area is 195 Å². The van der Waals surface area contributed by atoms with Crippen molar-refractivity contribution >= 4 is 52.3 Å². The standard InChI is InChI=1S/C24H21Cl2N3O3/c1-11-5-7-14-20(12(11)2)27-23(32)24(14)19-18(16-4-3-9-28(16)24)21(30)29(22(19)31)17-10-13(25)6-8-15(17)26/h5-8,10,16,18-19H,3-4,9H2,1-2H3,(H,27,32)/t16-,18+,19-,24+/m0/s1. The monoisotopic (exact) mass is 469 g/mol. The van der Waals surface area contributed by atoms with Crippen LogP contribution in [0, 0.1) is 25.7 Å². The maximum Gasteiger partial charge on any atom is 0.250 e. The van der Waals surface area contributed by atoms with Crippen molar-refractivity contribution in [1.29, 1.82) is 0 Å². The molecule has 164 valence electrons. The van der Waals surface area contributed by atoms with E-state index < -0.39 is 17.4 Å². The third kappa shape index (κ3) is 2.23. The molecule has 4 atom stereocenters. The van der Waals surface area contributed by atoms with Gasteiger partial charge in [0.15, 0.2) is 0 Å². The van der Waals surface area contributed by atoms with Crippen molar-refractivity contribution in [3.05, 3.63) is 57.1 Å². The fraction of sp³-hybridized carbons (Fsp3) is 0.375. The van der Waals surface area contributed by atoms with Crippen LogP contribution >= 0.6 is 23.2 Å². The largest absolute Gasteiger partial charge is 0.324 e. The van der Waals surface area contributed by atoms with Crippen molar-refractivity contribution in [3.63, 3.8) is 0 Å². The summed E-state index contributed by atoms with van der Waals surface area (Å²) < 4.78 is 0. The van der Waals surface area contributed by atoms with E-state index in [2.05, 4.69) is 10.2 Å². The van der Waals surface area contributed by atoms with E-state index in [9.17, 15) is 14.4 Å². The van der Waals surface area contributed by atoms with E-state index in [1.807, 2.05) is 26.0 Å². The maximum absolute atomic E-state index is 14.0. The van der Waals surface area contributed by atoms with Crippen LogP contribution < -0.4 is 10.2 Å². The predicted octanol–water partition coefficient (Wildman–Crippen LogP) is 4.04. The molecule has 3 amide bonds. The Hall–Kier alpha value is -2.41. The zero-order valence-corrected chi connectivity index (χ0v) is 19.1. The van der Waals surface area contributed by atoms with Gasteiger partial charge in [0, 0.05) is 22.3 Å². The third-order valence-corrected chi connectivity index (χ3v) is 8.40. The van der Waals surface area contributed by atoms with Gasteiger partial charge in [-0.1, -0.05) is 35.3 Å². The van der Waals surface area contributed by atoms with Crippen LogP contribution in [0.1, 0.15) is 29.5 Å². The van der Waals surface area contributed by atoms with Crippen molar-refractivity contribution in [1.82, 2.24) is 4.90 Å². The number of halogens is 2. The van der Waals surface area contributed by atoms with Gasteiger partial charge in [0.05, 0.1) is 22.5 Å². The first-order valence-electron chi connectivity index (χ1n) is 10.8. The first kappa shape index (κ1) is 20.2. The van der Waals surface area contributed by atoms with Crippen LogP contribution in [-0.2, 0) is 19.9 Å². The van der Waals surface area contributed by atoms with Crippen LogP contribution in [0.5, 0.6) is 0 Å². The summed E-state index contributed by atoms with van der Waals surface area (Å²) in [4.78, 5) is 44.7. The van der Waals surface area contributed by atoms with E-state index in [1.54, 1.807) is 12.1 Å². The van der Waals surface area contributed by atoms with Crippen molar-refractivity contribution in [2.75, 3.05) is 16.8 Å². The van der Waals surface area contributed by atoms with E-state index in [-0.39, 0.29) is 34.5 Å². The minimum Gasteiger partial charge on any atom is -0.324 e. The number of nitrogens with zero attached hydrogens (tertiary/aromatic N) is 2. The number of hydrogen-bond acceptors (Lipinski definition) is 4. The number of hydrogen-bond donors (Lipinski definition) is 1. The molecule has 6 rings (SSSR count). The van der Waals surface area contributed by atoms with Gasteiger partial charge in [-0.05, 0) is 62.6 Å².